The molecule has 0 spiro atoms. The second kappa shape index (κ2) is 7.35. The van der Waals surface area contributed by atoms with Crippen LogP contribution in [0.1, 0.15) is 11.9 Å². The number of nitrogens with zero attached hydrogens (tertiary/aromatic N) is 3. The van der Waals surface area contributed by atoms with Gasteiger partial charge < -0.3 is 4.90 Å². The van der Waals surface area contributed by atoms with Gasteiger partial charge in [0.05, 0.1) is 17.1 Å². The van der Waals surface area contributed by atoms with Crippen LogP contribution in [0.4, 0.5) is 0 Å². The molecule has 2 aromatic heterocycles. The Kier molecular flexibility index (Phi) is 5.75. The molecule has 0 aliphatic carbocycles. The summed E-state index contributed by atoms with van der Waals surface area (Å²) >= 11 is 3.45. The molecule has 0 aromatic carbocycles. The summed E-state index contributed by atoms with van der Waals surface area (Å²) in [7, 11) is 0. The van der Waals surface area contributed by atoms with Gasteiger partial charge in [-0.25, -0.2) is 4.98 Å². The summed E-state index contributed by atoms with van der Waals surface area (Å²) in [4.78, 5) is 21.5. The Morgan fingerprint density at radius 2 is 2.05 bits per heavy atom. The third-order valence-corrected chi connectivity index (χ3v) is 5.23. The van der Waals surface area contributed by atoms with Crippen LogP contribution in [-0.2, 0) is 11.3 Å². The molecule has 0 bridgehead atoms. The molecule has 2 aromatic rings. The molecule has 3 heterocycles. The first-order chi connectivity index (χ1) is 9.72. The van der Waals surface area contributed by atoms with Crippen molar-refractivity contribution in [2.24, 2.45) is 0 Å². The van der Waals surface area contributed by atoms with Gasteiger partial charge in [-0.3, -0.25) is 9.69 Å². The van der Waals surface area contributed by atoms with Gasteiger partial charge in [0.15, 0.2) is 0 Å². The van der Waals surface area contributed by atoms with E-state index < -0.39 is 0 Å². The van der Waals surface area contributed by atoms with Gasteiger partial charge in [-0.05, 0) is 11.4 Å². The first-order valence-corrected chi connectivity index (χ1v) is 8.44. The Labute approximate surface area is 138 Å². The van der Waals surface area contributed by atoms with Gasteiger partial charge in [0, 0.05) is 38.5 Å². The topological polar surface area (TPSA) is 36.4 Å². The highest BCUT2D eigenvalue weighted by Gasteiger charge is 2.19. The second-order valence-electron chi connectivity index (χ2n) is 4.89. The number of aromatic nitrogens is 1. The van der Waals surface area contributed by atoms with Crippen molar-refractivity contribution >= 4 is 41.0 Å². The molecule has 0 unspecified atom stereocenters. The van der Waals surface area contributed by atoms with Crippen LogP contribution >= 0.6 is 35.1 Å². The fourth-order valence-corrected chi connectivity index (χ4v) is 3.93. The first kappa shape index (κ1) is 16.4. The van der Waals surface area contributed by atoms with E-state index in [1.54, 1.807) is 29.6 Å². The fourth-order valence-electron chi connectivity index (χ4n) is 2.33. The summed E-state index contributed by atoms with van der Waals surface area (Å²) in [6, 6.07) is 4.16. The summed E-state index contributed by atoms with van der Waals surface area (Å²) in [5.41, 5.74) is 1.09. The number of thiazole rings is 1. The van der Waals surface area contributed by atoms with E-state index >= 15 is 0 Å². The van der Waals surface area contributed by atoms with Crippen molar-refractivity contribution < 1.29 is 4.79 Å². The first-order valence-electron chi connectivity index (χ1n) is 6.68. The van der Waals surface area contributed by atoms with Crippen molar-refractivity contribution in [2.75, 3.05) is 26.2 Å². The number of thiophene rings is 1. The summed E-state index contributed by atoms with van der Waals surface area (Å²) in [5, 5.41) is 5.37. The van der Waals surface area contributed by atoms with Crippen LogP contribution in [0.15, 0.2) is 22.9 Å². The summed E-state index contributed by atoms with van der Waals surface area (Å²) in [6.07, 6.45) is 0. The maximum absolute atomic E-state index is 11.3. The molecule has 21 heavy (non-hydrogen) atoms. The molecule has 0 atom stereocenters. The summed E-state index contributed by atoms with van der Waals surface area (Å²) in [5.74, 6) is 0.180. The van der Waals surface area contributed by atoms with E-state index in [0.29, 0.717) is 0 Å². The van der Waals surface area contributed by atoms with Crippen LogP contribution in [0.25, 0.3) is 10.6 Å². The van der Waals surface area contributed by atoms with E-state index in [2.05, 4.69) is 27.8 Å². The molecule has 4 nitrogen and oxygen atoms in total. The quantitative estimate of drug-likeness (QED) is 0.859. The van der Waals surface area contributed by atoms with Gasteiger partial charge in [0.25, 0.3) is 0 Å². The predicted molar refractivity (Wildman–Crippen MR) is 90.2 cm³/mol. The van der Waals surface area contributed by atoms with Crippen LogP contribution in [-0.4, -0.2) is 46.9 Å². The Morgan fingerprint density at radius 1 is 1.29 bits per heavy atom. The molecule has 1 fully saturated rings. The minimum Gasteiger partial charge on any atom is -0.340 e. The van der Waals surface area contributed by atoms with Gasteiger partial charge in [-0.15, -0.1) is 35.1 Å². The third kappa shape index (κ3) is 4.03. The van der Waals surface area contributed by atoms with Gasteiger partial charge in [0.1, 0.15) is 5.01 Å². The van der Waals surface area contributed by atoms with Crippen molar-refractivity contribution in [3.05, 3.63) is 27.9 Å². The van der Waals surface area contributed by atoms with E-state index in [1.165, 1.54) is 4.88 Å². The highest BCUT2D eigenvalue weighted by atomic mass is 35.5. The smallest absolute Gasteiger partial charge is 0.219 e. The maximum atomic E-state index is 11.3. The summed E-state index contributed by atoms with van der Waals surface area (Å²) < 4.78 is 0. The number of hydrogen-bond acceptors (Lipinski definition) is 5. The van der Waals surface area contributed by atoms with E-state index in [1.807, 2.05) is 4.90 Å². The number of piperazine rings is 1. The molecule has 1 aliphatic rings. The molecule has 0 radical (unpaired) electrons. The van der Waals surface area contributed by atoms with Crippen molar-refractivity contribution in [3.63, 3.8) is 0 Å². The number of halogens is 1. The van der Waals surface area contributed by atoms with Gasteiger partial charge >= 0.3 is 0 Å². The zero-order valence-electron chi connectivity index (χ0n) is 11.8. The molecular weight excluding hydrogens is 326 g/mol. The number of carbonyl (C=O) groups is 1. The highest BCUT2D eigenvalue weighted by Crippen LogP contribution is 2.26. The number of hydrogen-bond donors (Lipinski definition) is 0. The van der Waals surface area contributed by atoms with Crippen LogP contribution < -0.4 is 0 Å². The number of carbonyl (C=O) groups excluding carboxylic acids is 1. The van der Waals surface area contributed by atoms with Crippen molar-refractivity contribution in [1.82, 2.24) is 14.8 Å². The monoisotopic (exact) mass is 343 g/mol. The number of amides is 1. The van der Waals surface area contributed by atoms with Crippen molar-refractivity contribution in [2.45, 2.75) is 13.5 Å². The third-order valence-electron chi connectivity index (χ3n) is 3.50. The normalized spacial score (nSPS) is 15.8. The largest absolute Gasteiger partial charge is 0.340 e. The van der Waals surface area contributed by atoms with Crippen LogP contribution in [0.5, 0.6) is 0 Å². The van der Waals surface area contributed by atoms with E-state index in [4.69, 9.17) is 4.98 Å². The van der Waals surface area contributed by atoms with Crippen molar-refractivity contribution in [3.8, 4) is 10.6 Å². The van der Waals surface area contributed by atoms with Gasteiger partial charge in [-0.1, -0.05) is 6.07 Å². The van der Waals surface area contributed by atoms with Crippen LogP contribution in [0.2, 0.25) is 0 Å². The standard InChI is InChI=1S/C14H17N3OS2.ClH/c1-11(18)17-6-4-16(5-7-17)9-14-15-12(10-20-14)13-3-2-8-19-13;/h2-3,8,10H,4-7,9H2,1H3;1H. The molecule has 0 N–H and O–H groups in total. The second-order valence-corrected chi connectivity index (χ2v) is 6.78. The molecule has 1 saturated heterocycles. The minimum atomic E-state index is 0. The van der Waals surface area contributed by atoms with E-state index in [-0.39, 0.29) is 18.3 Å². The maximum Gasteiger partial charge on any atom is 0.219 e. The molecule has 7 heteroatoms. The summed E-state index contributed by atoms with van der Waals surface area (Å²) in [6.45, 7) is 6.07. The molecule has 3 rings (SSSR count). The lowest BCUT2D eigenvalue weighted by Gasteiger charge is -2.33. The lowest BCUT2D eigenvalue weighted by molar-refractivity contribution is -0.130. The van der Waals surface area contributed by atoms with Gasteiger partial charge in [-0.2, -0.15) is 0 Å². The van der Waals surface area contributed by atoms with Crippen LogP contribution in [0.3, 0.4) is 0 Å². The molecule has 1 amide bonds. The lowest BCUT2D eigenvalue weighted by Crippen LogP contribution is -2.47. The zero-order valence-corrected chi connectivity index (χ0v) is 14.3. The van der Waals surface area contributed by atoms with Crippen molar-refractivity contribution in [1.29, 1.82) is 0 Å². The zero-order chi connectivity index (χ0) is 13.9. The Hall–Kier alpha value is -0.950. The average Bonchev–Trinajstić information content (AvgIpc) is 3.09. The molecular formula is C14H18ClN3OS2. The highest BCUT2D eigenvalue weighted by molar-refractivity contribution is 7.14. The molecule has 0 saturated carbocycles. The molecule has 114 valence electrons. The Bertz CT molecular complexity index is 577. The molecule has 1 aliphatic heterocycles. The van der Waals surface area contributed by atoms with Crippen LogP contribution in [0, 0.1) is 0 Å². The Morgan fingerprint density at radius 3 is 2.67 bits per heavy atom. The number of rotatable bonds is 3. The SMILES string of the molecule is CC(=O)N1CCN(Cc2nc(-c3cccs3)cs2)CC1.Cl. The Balaban J connectivity index is 0.00000161. The van der Waals surface area contributed by atoms with E-state index in [9.17, 15) is 4.79 Å². The predicted octanol–water partition coefficient (Wildman–Crippen LogP) is 2.96. The lowest BCUT2D eigenvalue weighted by atomic mass is 10.3. The average molecular weight is 344 g/mol. The fraction of sp³-hybridized carbons (Fsp3) is 0.429. The van der Waals surface area contributed by atoms with E-state index in [0.717, 1.165) is 43.4 Å². The van der Waals surface area contributed by atoms with Gasteiger partial charge in [0.2, 0.25) is 5.91 Å². The minimum absolute atomic E-state index is 0.